The Kier molecular flexibility index (Phi) is 3.79. The zero-order valence-corrected chi connectivity index (χ0v) is 12.5. The number of rotatable bonds is 5. The fourth-order valence-corrected chi connectivity index (χ4v) is 3.05. The number of aliphatic carboxylic acids is 1. The lowest BCUT2D eigenvalue weighted by molar-refractivity contribution is -0.161. The second-order valence-electron chi connectivity index (χ2n) is 5.09. The molecule has 2 rings (SSSR count). The van der Waals surface area contributed by atoms with Gasteiger partial charge in [0.05, 0.1) is 11.5 Å². The van der Waals surface area contributed by atoms with Gasteiger partial charge in [-0.05, 0) is 31.0 Å². The molecule has 1 saturated carbocycles. The van der Waals surface area contributed by atoms with Crippen LogP contribution in [0, 0.1) is 5.41 Å². The number of hydrogen-bond acceptors (Lipinski definition) is 5. The summed E-state index contributed by atoms with van der Waals surface area (Å²) in [4.78, 5) is 23.4. The summed E-state index contributed by atoms with van der Waals surface area (Å²) < 4.78 is 27.6. The summed E-state index contributed by atoms with van der Waals surface area (Å²) in [6.45, 7) is 1.74. The largest absolute Gasteiger partial charge is 0.480 e. The Balaban J connectivity index is 2.28. The average Bonchev–Trinajstić information content (AvgIpc) is 3.15. The minimum Gasteiger partial charge on any atom is -0.480 e. The van der Waals surface area contributed by atoms with E-state index in [1.807, 2.05) is 0 Å². The van der Waals surface area contributed by atoms with Crippen molar-refractivity contribution in [3.8, 4) is 0 Å². The van der Waals surface area contributed by atoms with Crippen LogP contribution in [0.25, 0.3) is 0 Å². The molecular formula is C14H16O6S. The predicted molar refractivity (Wildman–Crippen MR) is 73.6 cm³/mol. The number of carbonyl (C=O) groups is 2. The molecule has 7 heteroatoms. The molecule has 1 aliphatic rings. The highest BCUT2D eigenvalue weighted by Gasteiger charge is 2.68. The van der Waals surface area contributed by atoms with Crippen LogP contribution in [0.1, 0.15) is 24.8 Å². The maximum absolute atomic E-state index is 11.9. The highest BCUT2D eigenvalue weighted by atomic mass is 32.2. The topological polar surface area (TPSA) is 97.7 Å². The molecule has 114 valence electrons. The quantitative estimate of drug-likeness (QED) is 0.648. The summed E-state index contributed by atoms with van der Waals surface area (Å²) in [5, 5.41) is 9.32. The van der Waals surface area contributed by atoms with E-state index in [1.165, 1.54) is 12.1 Å². The van der Waals surface area contributed by atoms with E-state index in [0.29, 0.717) is 5.56 Å². The van der Waals surface area contributed by atoms with Gasteiger partial charge in [0.25, 0.3) is 0 Å². The van der Waals surface area contributed by atoms with Crippen LogP contribution in [0.2, 0.25) is 0 Å². The second-order valence-corrected chi connectivity index (χ2v) is 7.11. The van der Waals surface area contributed by atoms with Crippen LogP contribution in [0.4, 0.5) is 0 Å². The van der Waals surface area contributed by atoms with Gasteiger partial charge in [0, 0.05) is 12.2 Å². The molecular weight excluding hydrogens is 296 g/mol. The number of carboxylic acid groups (broad SMARTS) is 1. The van der Waals surface area contributed by atoms with Gasteiger partial charge in [-0.1, -0.05) is 12.1 Å². The Morgan fingerprint density at radius 1 is 1.33 bits per heavy atom. The van der Waals surface area contributed by atoms with Crippen molar-refractivity contribution in [1.82, 2.24) is 0 Å². The number of ether oxygens (including phenoxy) is 1. The van der Waals surface area contributed by atoms with Crippen molar-refractivity contribution >= 4 is 21.8 Å². The second kappa shape index (κ2) is 5.14. The SMILES string of the molecule is CCOC(=O)C1(C(=O)O)CC1c1ccc(S(C)(=O)=O)cc1. The molecule has 0 heterocycles. The van der Waals surface area contributed by atoms with E-state index < -0.39 is 33.1 Å². The van der Waals surface area contributed by atoms with Crippen molar-refractivity contribution in [1.29, 1.82) is 0 Å². The fourth-order valence-electron chi connectivity index (χ4n) is 2.42. The van der Waals surface area contributed by atoms with Crippen molar-refractivity contribution in [3.05, 3.63) is 29.8 Å². The fraction of sp³-hybridized carbons (Fsp3) is 0.429. The first-order chi connectivity index (χ1) is 9.73. The third-order valence-electron chi connectivity index (χ3n) is 3.69. The Labute approximate surface area is 122 Å². The van der Waals surface area contributed by atoms with Gasteiger partial charge in [-0.3, -0.25) is 9.59 Å². The van der Waals surface area contributed by atoms with Crippen LogP contribution in [-0.4, -0.2) is 38.3 Å². The number of esters is 1. The molecule has 1 aromatic rings. The van der Waals surface area contributed by atoms with Gasteiger partial charge < -0.3 is 9.84 Å². The summed E-state index contributed by atoms with van der Waals surface area (Å²) in [7, 11) is -3.30. The van der Waals surface area contributed by atoms with E-state index in [9.17, 15) is 23.1 Å². The Bertz CT molecular complexity index is 676. The van der Waals surface area contributed by atoms with Gasteiger partial charge >= 0.3 is 11.9 Å². The van der Waals surface area contributed by atoms with Crippen LogP contribution < -0.4 is 0 Å². The molecule has 21 heavy (non-hydrogen) atoms. The lowest BCUT2D eigenvalue weighted by Gasteiger charge is -2.11. The predicted octanol–water partition coefficient (Wildman–Crippen LogP) is 1.21. The molecule has 1 aromatic carbocycles. The van der Waals surface area contributed by atoms with E-state index in [-0.39, 0.29) is 17.9 Å². The highest BCUT2D eigenvalue weighted by Crippen LogP contribution is 2.60. The molecule has 2 atom stereocenters. The van der Waals surface area contributed by atoms with Gasteiger partial charge in [-0.25, -0.2) is 8.42 Å². The van der Waals surface area contributed by atoms with Gasteiger partial charge in [-0.2, -0.15) is 0 Å². The molecule has 0 spiro atoms. The molecule has 0 aromatic heterocycles. The number of benzene rings is 1. The minimum absolute atomic E-state index is 0.119. The van der Waals surface area contributed by atoms with Crippen LogP contribution in [0.15, 0.2) is 29.2 Å². The van der Waals surface area contributed by atoms with E-state index in [4.69, 9.17) is 4.74 Å². The summed E-state index contributed by atoms with van der Waals surface area (Å²) in [6, 6.07) is 5.93. The Morgan fingerprint density at radius 3 is 2.33 bits per heavy atom. The van der Waals surface area contributed by atoms with Crippen molar-refractivity contribution in [3.63, 3.8) is 0 Å². The lowest BCUT2D eigenvalue weighted by Crippen LogP contribution is -2.29. The zero-order chi connectivity index (χ0) is 15.8. The highest BCUT2D eigenvalue weighted by molar-refractivity contribution is 7.90. The van der Waals surface area contributed by atoms with Crippen molar-refractivity contribution in [2.45, 2.75) is 24.2 Å². The van der Waals surface area contributed by atoms with E-state index in [0.717, 1.165) is 6.26 Å². The van der Waals surface area contributed by atoms with E-state index >= 15 is 0 Å². The number of hydrogen-bond donors (Lipinski definition) is 1. The molecule has 0 saturated heterocycles. The molecule has 6 nitrogen and oxygen atoms in total. The van der Waals surface area contributed by atoms with Crippen molar-refractivity contribution in [2.75, 3.05) is 12.9 Å². The average molecular weight is 312 g/mol. The lowest BCUT2D eigenvalue weighted by atomic mass is 9.99. The third kappa shape index (κ3) is 2.65. The van der Waals surface area contributed by atoms with Crippen LogP contribution in [-0.2, 0) is 24.2 Å². The van der Waals surface area contributed by atoms with E-state index in [2.05, 4.69) is 0 Å². The van der Waals surface area contributed by atoms with E-state index in [1.54, 1.807) is 19.1 Å². The maximum atomic E-state index is 11.9. The summed E-state index contributed by atoms with van der Waals surface area (Å²) in [6.07, 6.45) is 1.26. The maximum Gasteiger partial charge on any atom is 0.324 e. The first kappa shape index (κ1) is 15.5. The number of sulfone groups is 1. The van der Waals surface area contributed by atoms with Gasteiger partial charge in [0.15, 0.2) is 15.3 Å². The summed E-state index contributed by atoms with van der Waals surface area (Å²) >= 11 is 0. The standard InChI is InChI=1S/C14H16O6S/c1-3-20-13(17)14(12(15)16)8-11(14)9-4-6-10(7-5-9)21(2,18)19/h4-7,11H,3,8H2,1-2H3,(H,15,16). The molecule has 0 bridgehead atoms. The normalized spacial score (nSPS) is 24.4. The smallest absolute Gasteiger partial charge is 0.324 e. The van der Waals surface area contributed by atoms with Crippen LogP contribution in [0.3, 0.4) is 0 Å². The monoisotopic (exact) mass is 312 g/mol. The van der Waals surface area contributed by atoms with Crippen molar-refractivity contribution in [2.24, 2.45) is 5.41 Å². The van der Waals surface area contributed by atoms with Gasteiger partial charge in [0.1, 0.15) is 0 Å². The molecule has 1 N–H and O–H groups in total. The summed E-state index contributed by atoms with van der Waals surface area (Å²) in [5.74, 6) is -2.43. The number of carboxylic acids is 1. The molecule has 2 unspecified atom stereocenters. The van der Waals surface area contributed by atoms with Gasteiger partial charge in [0.2, 0.25) is 0 Å². The molecule has 0 amide bonds. The van der Waals surface area contributed by atoms with Crippen LogP contribution in [0.5, 0.6) is 0 Å². The third-order valence-corrected chi connectivity index (χ3v) is 4.82. The Hall–Kier alpha value is -1.89. The van der Waals surface area contributed by atoms with Gasteiger partial charge in [-0.15, -0.1) is 0 Å². The molecule has 0 radical (unpaired) electrons. The molecule has 1 fully saturated rings. The van der Waals surface area contributed by atoms with Crippen LogP contribution >= 0.6 is 0 Å². The first-order valence-electron chi connectivity index (χ1n) is 6.44. The summed E-state index contributed by atoms with van der Waals surface area (Å²) in [5.41, 5.74) is -0.916. The van der Waals surface area contributed by atoms with Crippen molar-refractivity contribution < 1.29 is 27.9 Å². The first-order valence-corrected chi connectivity index (χ1v) is 8.33. The molecule has 0 aliphatic heterocycles. The molecule has 1 aliphatic carbocycles. The Morgan fingerprint density at radius 2 is 1.90 bits per heavy atom. The number of carbonyl (C=O) groups excluding carboxylic acids is 1. The zero-order valence-electron chi connectivity index (χ0n) is 11.7. The minimum atomic E-state index is -3.30.